The topological polar surface area (TPSA) is 96.9 Å². The molecule has 0 fully saturated rings. The van der Waals surface area contributed by atoms with E-state index in [1.807, 2.05) is 0 Å². The zero-order valence-corrected chi connectivity index (χ0v) is 11.1. The minimum Gasteiger partial charge on any atom is -0.315 e. The van der Waals surface area contributed by atoms with Crippen molar-refractivity contribution in [3.05, 3.63) is 29.4 Å². The van der Waals surface area contributed by atoms with Crippen LogP contribution in [0.1, 0.15) is 4.88 Å². The van der Waals surface area contributed by atoms with Gasteiger partial charge in [0.15, 0.2) is 0 Å². The van der Waals surface area contributed by atoms with Crippen LogP contribution in [0.3, 0.4) is 0 Å². The zero-order valence-electron chi connectivity index (χ0n) is 9.49. The Kier molecular flexibility index (Phi) is 3.84. The largest absolute Gasteiger partial charge is 0.315 e. The number of anilines is 1. The number of nitrogens with one attached hydrogen (secondary N) is 2. The summed E-state index contributed by atoms with van der Waals surface area (Å²) in [7, 11) is -1.83. The lowest BCUT2D eigenvalue weighted by molar-refractivity contribution is 0.602. The third-order valence-corrected chi connectivity index (χ3v) is 4.87. The highest BCUT2D eigenvalue weighted by Crippen LogP contribution is 2.22. The van der Waals surface area contributed by atoms with Gasteiger partial charge in [-0.15, -0.1) is 16.4 Å². The molecule has 0 atom stereocenters. The summed E-state index contributed by atoms with van der Waals surface area (Å²) in [6, 6.07) is 3.32. The Morgan fingerprint density at radius 2 is 2.17 bits per heavy atom. The predicted octanol–water partition coefficient (Wildman–Crippen LogP) is 0.453. The maximum absolute atomic E-state index is 12.0. The van der Waals surface area contributed by atoms with Gasteiger partial charge in [0.25, 0.3) is 16.0 Å². The average molecular weight is 285 g/mol. The van der Waals surface area contributed by atoms with Gasteiger partial charge in [-0.1, -0.05) is 0 Å². The summed E-state index contributed by atoms with van der Waals surface area (Å²) < 4.78 is 26.5. The lowest BCUT2D eigenvalue weighted by Gasteiger charge is -2.02. The standard InChI is InChI=1S/C9H11N5O2S2/c1-10-6-7-2-3-8(17-7)18(15,16)14-9-11-4-5-12-13-9/h2-5,10H,6H2,1H3,(H,11,13,14). The highest BCUT2D eigenvalue weighted by Gasteiger charge is 2.18. The van der Waals surface area contributed by atoms with E-state index in [0.29, 0.717) is 6.54 Å². The van der Waals surface area contributed by atoms with Gasteiger partial charge in [0.1, 0.15) is 4.21 Å². The molecule has 0 aliphatic heterocycles. The van der Waals surface area contributed by atoms with Crippen LogP contribution in [0.15, 0.2) is 28.7 Å². The van der Waals surface area contributed by atoms with Crippen molar-refractivity contribution in [1.29, 1.82) is 0 Å². The van der Waals surface area contributed by atoms with Gasteiger partial charge in [0.05, 0.1) is 12.4 Å². The van der Waals surface area contributed by atoms with Gasteiger partial charge < -0.3 is 5.32 Å². The SMILES string of the molecule is CNCc1ccc(S(=O)(=O)Nc2nccnn2)s1. The first-order valence-corrected chi connectivity index (χ1v) is 7.31. The van der Waals surface area contributed by atoms with Crippen LogP contribution in [0.4, 0.5) is 5.95 Å². The van der Waals surface area contributed by atoms with E-state index in [1.165, 1.54) is 23.7 Å². The molecule has 0 saturated carbocycles. The second-order valence-electron chi connectivity index (χ2n) is 3.32. The quantitative estimate of drug-likeness (QED) is 0.828. The smallest absolute Gasteiger partial charge is 0.273 e. The molecule has 2 aromatic heterocycles. The summed E-state index contributed by atoms with van der Waals surface area (Å²) in [6.07, 6.45) is 2.74. The van der Waals surface area contributed by atoms with Gasteiger partial charge in [-0.2, -0.15) is 5.10 Å². The van der Waals surface area contributed by atoms with Crippen LogP contribution in [0.5, 0.6) is 0 Å². The minimum atomic E-state index is -3.64. The predicted molar refractivity (Wildman–Crippen MR) is 67.7 cm³/mol. The summed E-state index contributed by atoms with van der Waals surface area (Å²) in [6.45, 7) is 0.629. The number of hydrogen-bond acceptors (Lipinski definition) is 7. The molecule has 96 valence electrons. The Bertz CT molecular complexity index is 611. The Labute approximate surface area is 108 Å². The van der Waals surface area contributed by atoms with Crippen LogP contribution in [-0.4, -0.2) is 30.6 Å². The molecule has 7 nitrogen and oxygen atoms in total. The second-order valence-corrected chi connectivity index (χ2v) is 6.40. The van der Waals surface area contributed by atoms with E-state index < -0.39 is 10.0 Å². The molecular formula is C9H11N5O2S2. The third kappa shape index (κ3) is 3.00. The molecule has 9 heteroatoms. The van der Waals surface area contributed by atoms with E-state index in [9.17, 15) is 8.42 Å². The molecule has 2 aromatic rings. The molecule has 0 saturated heterocycles. The zero-order chi connectivity index (χ0) is 13.0. The molecule has 0 bridgehead atoms. The van der Waals surface area contributed by atoms with Gasteiger partial charge in [-0.05, 0) is 19.2 Å². The molecule has 0 aliphatic rings. The molecule has 0 unspecified atom stereocenters. The van der Waals surface area contributed by atoms with E-state index in [1.54, 1.807) is 19.2 Å². The van der Waals surface area contributed by atoms with Gasteiger partial charge in [0.2, 0.25) is 0 Å². The van der Waals surface area contributed by atoms with Gasteiger partial charge in [-0.3, -0.25) is 0 Å². The van der Waals surface area contributed by atoms with Gasteiger partial charge >= 0.3 is 0 Å². The summed E-state index contributed by atoms with van der Waals surface area (Å²) in [5.41, 5.74) is 0. The van der Waals surface area contributed by atoms with Gasteiger partial charge in [-0.25, -0.2) is 18.1 Å². The van der Waals surface area contributed by atoms with Crippen molar-refractivity contribution in [2.24, 2.45) is 0 Å². The number of rotatable bonds is 5. The second kappa shape index (κ2) is 5.38. The number of hydrogen-bond donors (Lipinski definition) is 2. The lowest BCUT2D eigenvalue weighted by Crippen LogP contribution is -2.14. The van der Waals surface area contributed by atoms with Crippen LogP contribution >= 0.6 is 11.3 Å². The summed E-state index contributed by atoms with van der Waals surface area (Å²) in [5, 5.41) is 10.1. The molecule has 0 aromatic carbocycles. The number of sulfonamides is 1. The normalized spacial score (nSPS) is 11.4. The summed E-state index contributed by atoms with van der Waals surface area (Å²) >= 11 is 1.19. The molecule has 0 amide bonds. The maximum atomic E-state index is 12.0. The lowest BCUT2D eigenvalue weighted by atomic mass is 10.5. The minimum absolute atomic E-state index is 0.0407. The van der Waals surface area contributed by atoms with Crippen LogP contribution in [0, 0.1) is 0 Å². The monoisotopic (exact) mass is 285 g/mol. The Morgan fingerprint density at radius 1 is 1.33 bits per heavy atom. The highest BCUT2D eigenvalue weighted by molar-refractivity contribution is 7.94. The van der Waals surface area contributed by atoms with Crippen molar-refractivity contribution in [2.45, 2.75) is 10.8 Å². The van der Waals surface area contributed by atoms with E-state index in [2.05, 4.69) is 25.2 Å². The molecule has 18 heavy (non-hydrogen) atoms. The highest BCUT2D eigenvalue weighted by atomic mass is 32.2. The van der Waals surface area contributed by atoms with E-state index in [0.717, 1.165) is 4.88 Å². The average Bonchev–Trinajstić information content (AvgIpc) is 2.80. The van der Waals surface area contributed by atoms with Crippen molar-refractivity contribution in [3.63, 3.8) is 0 Å². The number of nitrogens with zero attached hydrogens (tertiary/aromatic N) is 3. The Morgan fingerprint density at radius 3 is 2.83 bits per heavy atom. The maximum Gasteiger partial charge on any atom is 0.273 e. The van der Waals surface area contributed by atoms with Crippen LogP contribution in [0.25, 0.3) is 0 Å². The first kappa shape index (κ1) is 12.9. The molecular weight excluding hydrogens is 274 g/mol. The van der Waals surface area contributed by atoms with Crippen LogP contribution in [0.2, 0.25) is 0 Å². The van der Waals surface area contributed by atoms with Gasteiger partial charge in [0, 0.05) is 11.4 Å². The molecule has 0 aliphatic carbocycles. The third-order valence-electron chi connectivity index (χ3n) is 1.96. The Hall–Kier alpha value is -1.58. The fourth-order valence-corrected chi connectivity index (χ4v) is 3.55. The molecule has 0 radical (unpaired) electrons. The number of thiophene rings is 1. The van der Waals surface area contributed by atoms with Crippen molar-refractivity contribution < 1.29 is 8.42 Å². The van der Waals surface area contributed by atoms with E-state index >= 15 is 0 Å². The van der Waals surface area contributed by atoms with Crippen LogP contribution in [-0.2, 0) is 16.6 Å². The molecule has 2 rings (SSSR count). The molecule has 2 N–H and O–H groups in total. The molecule has 0 spiro atoms. The fourth-order valence-electron chi connectivity index (χ4n) is 1.24. The number of aromatic nitrogens is 3. The fraction of sp³-hybridized carbons (Fsp3) is 0.222. The van der Waals surface area contributed by atoms with Crippen molar-refractivity contribution in [2.75, 3.05) is 11.8 Å². The van der Waals surface area contributed by atoms with Crippen molar-refractivity contribution in [1.82, 2.24) is 20.5 Å². The molecule has 2 heterocycles. The van der Waals surface area contributed by atoms with Crippen molar-refractivity contribution in [3.8, 4) is 0 Å². The first-order chi connectivity index (χ1) is 8.62. The van der Waals surface area contributed by atoms with E-state index in [4.69, 9.17) is 0 Å². The summed E-state index contributed by atoms with van der Waals surface area (Å²) in [5.74, 6) is -0.0407. The summed E-state index contributed by atoms with van der Waals surface area (Å²) in [4.78, 5) is 4.70. The van der Waals surface area contributed by atoms with E-state index in [-0.39, 0.29) is 10.2 Å². The van der Waals surface area contributed by atoms with Crippen LogP contribution < -0.4 is 10.0 Å². The first-order valence-electron chi connectivity index (χ1n) is 5.01. The van der Waals surface area contributed by atoms with Crippen molar-refractivity contribution >= 4 is 27.3 Å². The Balaban J connectivity index is 2.20.